The van der Waals surface area contributed by atoms with Gasteiger partial charge in [-0.2, -0.15) is 0 Å². The van der Waals surface area contributed by atoms with Gasteiger partial charge in [0.1, 0.15) is 6.61 Å². The van der Waals surface area contributed by atoms with E-state index < -0.39 is 11.9 Å². The van der Waals surface area contributed by atoms with Crippen LogP contribution in [0.15, 0.2) is 35.4 Å². The van der Waals surface area contributed by atoms with E-state index in [2.05, 4.69) is 0 Å². The summed E-state index contributed by atoms with van der Waals surface area (Å²) in [6.45, 7) is 2.73. The standard InChI is InChI=1S/C20H22N2O6S/c1-2-27-19(25)12-18-22(17(24)13-29-18)9-10-28-20(26)14-5-3-6-15(11-14)21-8-4-7-16(21)23/h3,5-6,11-12H,2,4,7-10,13H2,1H3/b18-12-. The Hall–Kier alpha value is -2.81. The summed E-state index contributed by atoms with van der Waals surface area (Å²) >= 11 is 1.24. The summed E-state index contributed by atoms with van der Waals surface area (Å²) in [6.07, 6.45) is 2.59. The fraction of sp³-hybridized carbons (Fsp3) is 0.400. The van der Waals surface area contributed by atoms with E-state index in [1.165, 1.54) is 22.7 Å². The van der Waals surface area contributed by atoms with Gasteiger partial charge in [0.2, 0.25) is 11.8 Å². The molecule has 2 aliphatic rings. The molecule has 0 radical (unpaired) electrons. The zero-order valence-corrected chi connectivity index (χ0v) is 16.9. The van der Waals surface area contributed by atoms with Gasteiger partial charge in [-0.15, -0.1) is 0 Å². The van der Waals surface area contributed by atoms with Crippen molar-refractivity contribution in [3.8, 4) is 0 Å². The second-order valence-corrected chi connectivity index (χ2v) is 7.40. The van der Waals surface area contributed by atoms with E-state index in [1.54, 1.807) is 36.1 Å². The van der Waals surface area contributed by atoms with Crippen molar-refractivity contribution in [3.63, 3.8) is 0 Å². The van der Waals surface area contributed by atoms with E-state index in [4.69, 9.17) is 9.47 Å². The Morgan fingerprint density at radius 1 is 1.21 bits per heavy atom. The number of rotatable bonds is 7. The van der Waals surface area contributed by atoms with Crippen molar-refractivity contribution < 1.29 is 28.7 Å². The maximum atomic E-state index is 12.4. The summed E-state index contributed by atoms with van der Waals surface area (Å²) in [6, 6.07) is 6.74. The fourth-order valence-corrected chi connectivity index (χ4v) is 4.04. The van der Waals surface area contributed by atoms with Crippen LogP contribution >= 0.6 is 11.8 Å². The summed E-state index contributed by atoms with van der Waals surface area (Å²) in [4.78, 5) is 51.0. The number of benzene rings is 1. The molecule has 0 saturated carbocycles. The smallest absolute Gasteiger partial charge is 0.338 e. The predicted molar refractivity (Wildman–Crippen MR) is 107 cm³/mol. The maximum Gasteiger partial charge on any atom is 0.338 e. The first-order valence-corrected chi connectivity index (χ1v) is 10.4. The van der Waals surface area contributed by atoms with E-state index in [0.29, 0.717) is 29.2 Å². The Morgan fingerprint density at radius 2 is 2.03 bits per heavy atom. The molecule has 9 heteroatoms. The molecule has 2 amide bonds. The number of carbonyl (C=O) groups is 4. The van der Waals surface area contributed by atoms with Gasteiger partial charge in [0.05, 0.1) is 35.6 Å². The summed E-state index contributed by atoms with van der Waals surface area (Å²) in [7, 11) is 0. The zero-order valence-electron chi connectivity index (χ0n) is 16.1. The molecule has 29 heavy (non-hydrogen) atoms. The predicted octanol–water partition coefficient (Wildman–Crippen LogP) is 1.95. The highest BCUT2D eigenvalue weighted by Gasteiger charge is 2.28. The number of amides is 2. The molecule has 3 rings (SSSR count). The van der Waals surface area contributed by atoms with Crippen molar-refractivity contribution in [2.24, 2.45) is 0 Å². The Balaban J connectivity index is 1.57. The minimum absolute atomic E-state index is 0.0157. The third-order valence-corrected chi connectivity index (χ3v) is 5.48. The quantitative estimate of drug-likeness (QED) is 0.493. The summed E-state index contributed by atoms with van der Waals surface area (Å²) in [5, 5.41) is 0.485. The van der Waals surface area contributed by atoms with Crippen molar-refractivity contribution in [2.75, 3.05) is 37.0 Å². The van der Waals surface area contributed by atoms with E-state index in [1.807, 2.05) is 0 Å². The van der Waals surface area contributed by atoms with E-state index in [9.17, 15) is 19.2 Å². The van der Waals surface area contributed by atoms with E-state index >= 15 is 0 Å². The van der Waals surface area contributed by atoms with Crippen LogP contribution in [0.5, 0.6) is 0 Å². The highest BCUT2D eigenvalue weighted by atomic mass is 32.2. The first-order valence-electron chi connectivity index (χ1n) is 9.38. The minimum Gasteiger partial charge on any atom is -0.463 e. The van der Waals surface area contributed by atoms with Gasteiger partial charge in [-0.05, 0) is 31.5 Å². The lowest BCUT2D eigenvalue weighted by Gasteiger charge is -2.18. The van der Waals surface area contributed by atoms with E-state index in [0.717, 1.165) is 6.42 Å². The Labute approximate surface area is 172 Å². The average Bonchev–Trinajstić information content (AvgIpc) is 3.28. The van der Waals surface area contributed by atoms with Crippen molar-refractivity contribution in [1.29, 1.82) is 0 Å². The molecule has 0 bridgehead atoms. The maximum absolute atomic E-state index is 12.4. The minimum atomic E-state index is -0.534. The molecule has 2 fully saturated rings. The molecule has 1 aromatic carbocycles. The van der Waals surface area contributed by atoms with Crippen LogP contribution in [0.3, 0.4) is 0 Å². The molecule has 0 atom stereocenters. The van der Waals surface area contributed by atoms with Crippen LogP contribution in [-0.4, -0.2) is 60.7 Å². The third kappa shape index (κ3) is 5.17. The normalized spacial score (nSPS) is 17.9. The van der Waals surface area contributed by atoms with Crippen LogP contribution < -0.4 is 4.90 Å². The Morgan fingerprint density at radius 3 is 2.76 bits per heavy atom. The van der Waals surface area contributed by atoms with Gasteiger partial charge < -0.3 is 19.3 Å². The summed E-state index contributed by atoms with van der Waals surface area (Å²) in [5.74, 6) is -0.934. The Kier molecular flexibility index (Phi) is 6.92. The topological polar surface area (TPSA) is 93.2 Å². The molecular formula is C20H22N2O6S. The van der Waals surface area contributed by atoms with Crippen molar-refractivity contribution in [3.05, 3.63) is 40.9 Å². The summed E-state index contributed by atoms with van der Waals surface area (Å²) < 4.78 is 10.2. The molecule has 1 aromatic rings. The number of carbonyl (C=O) groups excluding carboxylic acids is 4. The van der Waals surface area contributed by atoms with E-state index in [-0.39, 0.29) is 37.3 Å². The Bertz CT molecular complexity index is 853. The van der Waals surface area contributed by atoms with Gasteiger partial charge in [0.15, 0.2) is 0 Å². The number of ether oxygens (including phenoxy) is 2. The first kappa shape index (κ1) is 20.9. The number of anilines is 1. The highest BCUT2D eigenvalue weighted by molar-refractivity contribution is 8.04. The second-order valence-electron chi connectivity index (χ2n) is 6.40. The molecule has 2 aliphatic heterocycles. The molecule has 0 unspecified atom stereocenters. The van der Waals surface area contributed by atoms with Crippen molar-refractivity contribution in [2.45, 2.75) is 19.8 Å². The van der Waals surface area contributed by atoms with Crippen LogP contribution in [0.4, 0.5) is 5.69 Å². The van der Waals surface area contributed by atoms with Crippen LogP contribution in [0.25, 0.3) is 0 Å². The van der Waals surface area contributed by atoms with Crippen LogP contribution in [0.1, 0.15) is 30.1 Å². The van der Waals surface area contributed by atoms with Crippen molar-refractivity contribution in [1.82, 2.24) is 4.90 Å². The molecule has 0 aromatic heterocycles. The van der Waals surface area contributed by atoms with Crippen LogP contribution in [0.2, 0.25) is 0 Å². The molecule has 0 N–H and O–H groups in total. The molecule has 0 aliphatic carbocycles. The van der Waals surface area contributed by atoms with Gasteiger partial charge in [0, 0.05) is 18.7 Å². The molecular weight excluding hydrogens is 396 g/mol. The van der Waals surface area contributed by atoms with Gasteiger partial charge in [-0.1, -0.05) is 17.8 Å². The van der Waals surface area contributed by atoms with Gasteiger partial charge >= 0.3 is 11.9 Å². The second kappa shape index (κ2) is 9.60. The number of hydrogen-bond donors (Lipinski definition) is 0. The number of thioether (sulfide) groups is 1. The largest absolute Gasteiger partial charge is 0.463 e. The van der Waals surface area contributed by atoms with Crippen LogP contribution in [-0.2, 0) is 23.9 Å². The SMILES string of the molecule is CCOC(=O)/C=C1\SCC(=O)N1CCOC(=O)c1cccc(N2CCCC2=O)c1. The molecule has 2 heterocycles. The number of nitrogens with zero attached hydrogens (tertiary/aromatic N) is 2. The van der Waals surface area contributed by atoms with Gasteiger partial charge in [-0.3, -0.25) is 9.59 Å². The number of esters is 2. The average molecular weight is 418 g/mol. The fourth-order valence-electron chi connectivity index (χ4n) is 3.09. The van der Waals surface area contributed by atoms with Gasteiger partial charge in [0.25, 0.3) is 0 Å². The third-order valence-electron chi connectivity index (χ3n) is 4.45. The van der Waals surface area contributed by atoms with Crippen molar-refractivity contribution >= 4 is 41.2 Å². The molecule has 2 saturated heterocycles. The monoisotopic (exact) mass is 418 g/mol. The lowest BCUT2D eigenvalue weighted by atomic mass is 10.2. The molecule has 8 nitrogen and oxygen atoms in total. The first-order chi connectivity index (χ1) is 14.0. The summed E-state index contributed by atoms with van der Waals surface area (Å²) in [5.41, 5.74) is 1.01. The zero-order chi connectivity index (χ0) is 20.8. The molecule has 0 spiro atoms. The van der Waals surface area contributed by atoms with Gasteiger partial charge in [-0.25, -0.2) is 9.59 Å². The lowest BCUT2D eigenvalue weighted by molar-refractivity contribution is -0.137. The highest BCUT2D eigenvalue weighted by Crippen LogP contribution is 2.28. The number of hydrogen-bond acceptors (Lipinski definition) is 7. The van der Waals surface area contributed by atoms with Crippen LogP contribution in [0, 0.1) is 0 Å². The lowest BCUT2D eigenvalue weighted by Crippen LogP contribution is -2.29. The molecule has 154 valence electrons.